The first kappa shape index (κ1) is 7.53. The lowest BCUT2D eigenvalue weighted by atomic mass is 10.0. The van der Waals surface area contributed by atoms with Gasteiger partial charge in [0.25, 0.3) is 0 Å². The van der Waals surface area contributed by atoms with Crippen molar-refractivity contribution in [3.05, 3.63) is 11.8 Å². The Morgan fingerprint density at radius 1 is 1.67 bits per heavy atom. The summed E-state index contributed by atoms with van der Waals surface area (Å²) in [7, 11) is 0. The summed E-state index contributed by atoms with van der Waals surface area (Å²) in [4.78, 5) is 21.8. The van der Waals surface area contributed by atoms with Crippen molar-refractivity contribution in [3.8, 4) is 0 Å². The van der Waals surface area contributed by atoms with Crippen LogP contribution in [0.5, 0.6) is 0 Å². The Balaban J connectivity index is 2.14. The molecule has 64 valence electrons. The van der Waals surface area contributed by atoms with Gasteiger partial charge in [-0.15, -0.1) is 0 Å². The van der Waals surface area contributed by atoms with Crippen LogP contribution in [0, 0.1) is 11.8 Å². The fraction of sp³-hybridized carbons (Fsp3) is 0.556. The van der Waals surface area contributed by atoms with Crippen LogP contribution in [0.3, 0.4) is 0 Å². The Kier molecular flexibility index (Phi) is 1.53. The average molecular weight is 166 g/mol. The number of ketones is 1. The zero-order chi connectivity index (χ0) is 8.72. The van der Waals surface area contributed by atoms with Crippen LogP contribution in [0.4, 0.5) is 0 Å². The van der Waals surface area contributed by atoms with Gasteiger partial charge in [-0.1, -0.05) is 0 Å². The molecule has 1 fully saturated rings. The second kappa shape index (κ2) is 2.44. The molecule has 2 unspecified atom stereocenters. The van der Waals surface area contributed by atoms with Crippen molar-refractivity contribution >= 4 is 11.8 Å². The Morgan fingerprint density at radius 2 is 2.42 bits per heavy atom. The van der Waals surface area contributed by atoms with Gasteiger partial charge in [0, 0.05) is 13.3 Å². The summed E-state index contributed by atoms with van der Waals surface area (Å²) in [6.07, 6.45) is 3.39. The molecule has 0 aliphatic heterocycles. The molecule has 0 N–H and O–H groups in total. The smallest absolute Gasteiger partial charge is 0.307 e. The van der Waals surface area contributed by atoms with Gasteiger partial charge in [-0.2, -0.15) is 0 Å². The minimum atomic E-state index is -0.332. The molecule has 2 aliphatic carbocycles. The first-order valence-electron chi connectivity index (χ1n) is 4.09. The molecular weight excluding hydrogens is 156 g/mol. The van der Waals surface area contributed by atoms with Crippen LogP contribution in [0.1, 0.15) is 19.8 Å². The van der Waals surface area contributed by atoms with Gasteiger partial charge in [0.05, 0.1) is 5.92 Å². The molecule has 0 spiro atoms. The van der Waals surface area contributed by atoms with E-state index in [-0.39, 0.29) is 17.7 Å². The number of Topliss-reactive ketones (excluding diaryl/α,β-unsaturated/α-hetero) is 1. The Hall–Kier alpha value is -1.12. The van der Waals surface area contributed by atoms with Crippen LogP contribution < -0.4 is 0 Å². The largest absolute Gasteiger partial charge is 0.431 e. The van der Waals surface area contributed by atoms with Crippen molar-refractivity contribution in [2.45, 2.75) is 19.8 Å². The highest BCUT2D eigenvalue weighted by Crippen LogP contribution is 2.41. The SMILES string of the molecule is CC(=O)OC1=CC2CC(=O)C1C2. The van der Waals surface area contributed by atoms with Crippen LogP contribution in [0.25, 0.3) is 0 Å². The maximum atomic E-state index is 11.2. The fourth-order valence-corrected chi connectivity index (χ4v) is 1.94. The molecule has 2 atom stereocenters. The number of carbonyl (C=O) groups excluding carboxylic acids is 2. The first-order chi connectivity index (χ1) is 5.66. The summed E-state index contributed by atoms with van der Waals surface area (Å²) >= 11 is 0. The molecule has 0 radical (unpaired) electrons. The topological polar surface area (TPSA) is 43.4 Å². The fourth-order valence-electron chi connectivity index (χ4n) is 1.94. The molecule has 0 aromatic rings. The lowest BCUT2D eigenvalue weighted by Gasteiger charge is -2.10. The Morgan fingerprint density at radius 3 is 2.92 bits per heavy atom. The molecule has 0 aromatic heterocycles. The van der Waals surface area contributed by atoms with E-state index in [9.17, 15) is 9.59 Å². The third-order valence-corrected chi connectivity index (χ3v) is 2.40. The van der Waals surface area contributed by atoms with Crippen LogP contribution in [-0.4, -0.2) is 11.8 Å². The molecule has 12 heavy (non-hydrogen) atoms. The molecule has 0 aromatic carbocycles. The second-order valence-corrected chi connectivity index (χ2v) is 3.38. The average Bonchev–Trinajstić information content (AvgIpc) is 2.43. The number of allylic oxidation sites excluding steroid dienone is 2. The van der Waals surface area contributed by atoms with E-state index >= 15 is 0 Å². The van der Waals surface area contributed by atoms with E-state index in [1.165, 1.54) is 6.92 Å². The summed E-state index contributed by atoms with van der Waals surface area (Å²) in [6.45, 7) is 1.36. The summed E-state index contributed by atoms with van der Waals surface area (Å²) in [5.41, 5.74) is 0. The van der Waals surface area contributed by atoms with Gasteiger partial charge in [0.1, 0.15) is 11.5 Å². The van der Waals surface area contributed by atoms with Crippen molar-refractivity contribution in [1.29, 1.82) is 0 Å². The molecule has 2 rings (SSSR count). The first-order valence-corrected chi connectivity index (χ1v) is 4.09. The minimum Gasteiger partial charge on any atom is -0.431 e. The Labute approximate surface area is 70.4 Å². The maximum absolute atomic E-state index is 11.2. The number of hydrogen-bond acceptors (Lipinski definition) is 3. The summed E-state index contributed by atoms with van der Waals surface area (Å²) < 4.78 is 4.92. The number of esters is 1. The van der Waals surface area contributed by atoms with Crippen LogP contribution in [-0.2, 0) is 14.3 Å². The second-order valence-electron chi connectivity index (χ2n) is 3.38. The molecule has 2 bridgehead atoms. The van der Waals surface area contributed by atoms with E-state index in [0.29, 0.717) is 18.1 Å². The predicted molar refractivity (Wildman–Crippen MR) is 41.1 cm³/mol. The van der Waals surface area contributed by atoms with Gasteiger partial charge in [-0.3, -0.25) is 9.59 Å². The number of carbonyl (C=O) groups is 2. The van der Waals surface area contributed by atoms with E-state index in [1.54, 1.807) is 0 Å². The maximum Gasteiger partial charge on any atom is 0.307 e. The molecule has 3 heteroatoms. The number of fused-ring (bicyclic) bond motifs is 2. The molecule has 1 saturated carbocycles. The normalized spacial score (nSPS) is 32.1. The van der Waals surface area contributed by atoms with Crippen molar-refractivity contribution in [2.24, 2.45) is 11.8 Å². The van der Waals surface area contributed by atoms with E-state index in [1.807, 2.05) is 6.08 Å². The number of rotatable bonds is 1. The zero-order valence-corrected chi connectivity index (χ0v) is 6.87. The van der Waals surface area contributed by atoms with E-state index in [0.717, 1.165) is 6.42 Å². The third kappa shape index (κ3) is 1.05. The standard InChI is InChI=1S/C9H10O3/c1-5(10)12-9-4-6-2-7(9)8(11)3-6/h4,6-7H,2-3H2,1H3. The minimum absolute atomic E-state index is 0.112. The number of ether oxygens (including phenoxy) is 1. The zero-order valence-electron chi connectivity index (χ0n) is 6.87. The number of hydrogen-bond donors (Lipinski definition) is 0. The van der Waals surface area contributed by atoms with Crippen molar-refractivity contribution < 1.29 is 14.3 Å². The summed E-state index contributed by atoms with van der Waals surface area (Å²) in [5.74, 6) is 0.694. The molecule has 3 nitrogen and oxygen atoms in total. The summed E-state index contributed by atoms with van der Waals surface area (Å²) in [6, 6.07) is 0. The van der Waals surface area contributed by atoms with Gasteiger partial charge in [-0.25, -0.2) is 0 Å². The lowest BCUT2D eigenvalue weighted by molar-refractivity contribution is -0.138. The van der Waals surface area contributed by atoms with Crippen LogP contribution in [0.15, 0.2) is 11.8 Å². The molecule has 2 aliphatic rings. The van der Waals surface area contributed by atoms with Gasteiger partial charge in [-0.05, 0) is 18.4 Å². The predicted octanol–water partition coefficient (Wildman–Crippen LogP) is 1.04. The molecule has 0 heterocycles. The van der Waals surface area contributed by atoms with E-state index < -0.39 is 0 Å². The third-order valence-electron chi connectivity index (χ3n) is 2.40. The molecule has 0 saturated heterocycles. The summed E-state index contributed by atoms with van der Waals surface area (Å²) in [5, 5.41) is 0. The van der Waals surface area contributed by atoms with Gasteiger partial charge in [0.15, 0.2) is 0 Å². The highest BCUT2D eigenvalue weighted by Gasteiger charge is 2.41. The van der Waals surface area contributed by atoms with Gasteiger partial charge in [0.2, 0.25) is 0 Å². The van der Waals surface area contributed by atoms with Crippen molar-refractivity contribution in [2.75, 3.05) is 0 Å². The van der Waals surface area contributed by atoms with Gasteiger partial charge >= 0.3 is 5.97 Å². The highest BCUT2D eigenvalue weighted by molar-refractivity contribution is 5.88. The van der Waals surface area contributed by atoms with Crippen LogP contribution >= 0.6 is 0 Å². The van der Waals surface area contributed by atoms with E-state index in [2.05, 4.69) is 0 Å². The Bertz CT molecular complexity index is 277. The molecule has 0 amide bonds. The monoisotopic (exact) mass is 166 g/mol. The van der Waals surface area contributed by atoms with Crippen LogP contribution in [0.2, 0.25) is 0 Å². The highest BCUT2D eigenvalue weighted by atomic mass is 16.5. The van der Waals surface area contributed by atoms with E-state index in [4.69, 9.17) is 4.74 Å². The van der Waals surface area contributed by atoms with Crippen molar-refractivity contribution in [1.82, 2.24) is 0 Å². The molecular formula is C9H10O3. The lowest BCUT2D eigenvalue weighted by Crippen LogP contribution is -2.14. The quantitative estimate of drug-likeness (QED) is 0.547. The van der Waals surface area contributed by atoms with Gasteiger partial charge < -0.3 is 4.74 Å². The van der Waals surface area contributed by atoms with Crippen molar-refractivity contribution in [3.63, 3.8) is 0 Å².